The molecule has 94 valence electrons. The normalized spacial score (nSPS) is 17.5. The second-order valence-electron chi connectivity index (χ2n) is 4.76. The van der Waals surface area contributed by atoms with Crippen molar-refractivity contribution in [2.75, 3.05) is 13.2 Å². The minimum Gasteiger partial charge on any atom is -0.494 e. The van der Waals surface area contributed by atoms with Gasteiger partial charge in [0.1, 0.15) is 5.75 Å². The average Bonchev–Trinajstić information content (AvgIpc) is 2.30. The van der Waals surface area contributed by atoms with Crippen molar-refractivity contribution in [3.8, 4) is 5.75 Å². The van der Waals surface area contributed by atoms with Gasteiger partial charge in [-0.15, -0.1) is 0 Å². The molecule has 0 unspecified atom stereocenters. The Balaban J connectivity index is 1.75. The maximum absolute atomic E-state index is 9.92. The van der Waals surface area contributed by atoms with E-state index in [9.17, 15) is 5.11 Å². The van der Waals surface area contributed by atoms with Crippen LogP contribution in [0.25, 0.3) is 0 Å². The Hall–Kier alpha value is -1.06. The minimum atomic E-state index is -0.439. The fourth-order valence-corrected chi connectivity index (χ4v) is 2.07. The van der Waals surface area contributed by atoms with Crippen LogP contribution in [0.5, 0.6) is 5.75 Å². The lowest BCUT2D eigenvalue weighted by Crippen LogP contribution is -2.45. The molecule has 2 rings (SSSR count). The summed E-state index contributed by atoms with van der Waals surface area (Å²) in [7, 11) is 0. The van der Waals surface area contributed by atoms with Gasteiger partial charge in [-0.2, -0.15) is 0 Å². The average molecular weight is 235 g/mol. The van der Waals surface area contributed by atoms with Gasteiger partial charge in [-0.3, -0.25) is 0 Å². The van der Waals surface area contributed by atoms with E-state index < -0.39 is 5.60 Å². The van der Waals surface area contributed by atoms with Gasteiger partial charge in [0, 0.05) is 13.1 Å². The maximum Gasteiger partial charge on any atom is 0.119 e. The van der Waals surface area contributed by atoms with Gasteiger partial charge in [-0.05, 0) is 43.9 Å². The van der Waals surface area contributed by atoms with E-state index in [2.05, 4.69) is 17.4 Å². The van der Waals surface area contributed by atoms with Crippen LogP contribution in [0.2, 0.25) is 0 Å². The Morgan fingerprint density at radius 3 is 2.53 bits per heavy atom. The quantitative estimate of drug-likeness (QED) is 0.793. The molecule has 2 N–H and O–H groups in total. The van der Waals surface area contributed by atoms with E-state index in [4.69, 9.17) is 4.74 Å². The van der Waals surface area contributed by atoms with Gasteiger partial charge in [0.2, 0.25) is 0 Å². The van der Waals surface area contributed by atoms with Crippen molar-refractivity contribution in [1.82, 2.24) is 5.32 Å². The molecule has 1 aliphatic carbocycles. The van der Waals surface area contributed by atoms with E-state index in [1.165, 1.54) is 5.56 Å². The van der Waals surface area contributed by atoms with Crippen molar-refractivity contribution in [2.45, 2.75) is 38.3 Å². The van der Waals surface area contributed by atoms with Crippen molar-refractivity contribution in [3.05, 3.63) is 29.8 Å². The number of hydrogen-bond acceptors (Lipinski definition) is 3. The zero-order chi connectivity index (χ0) is 12.1. The molecule has 0 radical (unpaired) electrons. The zero-order valence-corrected chi connectivity index (χ0v) is 10.4. The van der Waals surface area contributed by atoms with Crippen molar-refractivity contribution in [1.29, 1.82) is 0 Å². The van der Waals surface area contributed by atoms with E-state index in [1.807, 2.05) is 19.1 Å². The molecule has 0 amide bonds. The number of ether oxygens (including phenoxy) is 1. The lowest BCUT2D eigenvalue weighted by molar-refractivity contribution is -0.0314. The first-order chi connectivity index (χ1) is 8.22. The highest BCUT2D eigenvalue weighted by molar-refractivity contribution is 5.27. The third-order valence-electron chi connectivity index (χ3n) is 3.30. The standard InChI is InChI=1S/C14H21NO2/c1-2-17-13-6-4-12(5-7-13)10-15-11-14(16)8-3-9-14/h4-7,15-16H,2-3,8-11H2,1H3. The zero-order valence-electron chi connectivity index (χ0n) is 10.4. The first-order valence-electron chi connectivity index (χ1n) is 6.37. The van der Waals surface area contributed by atoms with Crippen LogP contribution in [0.4, 0.5) is 0 Å². The molecule has 1 aromatic rings. The van der Waals surface area contributed by atoms with Gasteiger partial charge in [0.05, 0.1) is 12.2 Å². The molecule has 0 heterocycles. The lowest BCUT2D eigenvalue weighted by Gasteiger charge is -2.36. The van der Waals surface area contributed by atoms with E-state index >= 15 is 0 Å². The number of nitrogens with one attached hydrogen (secondary N) is 1. The van der Waals surface area contributed by atoms with Crippen LogP contribution < -0.4 is 10.1 Å². The third-order valence-corrected chi connectivity index (χ3v) is 3.30. The minimum absolute atomic E-state index is 0.439. The smallest absolute Gasteiger partial charge is 0.119 e. The SMILES string of the molecule is CCOc1ccc(CNCC2(O)CCC2)cc1. The molecular weight excluding hydrogens is 214 g/mol. The first kappa shape index (κ1) is 12.4. The highest BCUT2D eigenvalue weighted by Crippen LogP contribution is 2.30. The van der Waals surface area contributed by atoms with Gasteiger partial charge in [-0.1, -0.05) is 12.1 Å². The second-order valence-corrected chi connectivity index (χ2v) is 4.76. The Labute approximate surface area is 103 Å². The second kappa shape index (κ2) is 5.52. The van der Waals surface area contributed by atoms with Crippen LogP contribution in [0.3, 0.4) is 0 Å². The highest BCUT2D eigenvalue weighted by atomic mass is 16.5. The highest BCUT2D eigenvalue weighted by Gasteiger charge is 2.33. The molecule has 1 aromatic carbocycles. The molecule has 0 atom stereocenters. The summed E-state index contributed by atoms with van der Waals surface area (Å²) in [6.45, 7) is 4.17. The van der Waals surface area contributed by atoms with Gasteiger partial charge < -0.3 is 15.2 Å². The van der Waals surface area contributed by atoms with E-state index in [1.54, 1.807) is 0 Å². The van der Waals surface area contributed by atoms with Crippen LogP contribution in [0.1, 0.15) is 31.7 Å². The number of rotatable bonds is 6. The molecule has 0 bridgehead atoms. The summed E-state index contributed by atoms with van der Waals surface area (Å²) in [6, 6.07) is 8.09. The third kappa shape index (κ3) is 3.45. The van der Waals surface area contributed by atoms with Gasteiger partial charge in [0.25, 0.3) is 0 Å². The Morgan fingerprint density at radius 2 is 2.00 bits per heavy atom. The summed E-state index contributed by atoms with van der Waals surface area (Å²) in [5.41, 5.74) is 0.780. The molecule has 0 aromatic heterocycles. The van der Waals surface area contributed by atoms with Crippen molar-refractivity contribution >= 4 is 0 Å². The summed E-state index contributed by atoms with van der Waals surface area (Å²) in [5.74, 6) is 0.911. The predicted octanol–water partition coefficient (Wildman–Crippen LogP) is 2.09. The van der Waals surface area contributed by atoms with E-state index in [0.29, 0.717) is 13.2 Å². The molecule has 1 fully saturated rings. The maximum atomic E-state index is 9.92. The molecule has 3 heteroatoms. The first-order valence-corrected chi connectivity index (χ1v) is 6.37. The Kier molecular flexibility index (Phi) is 4.02. The monoisotopic (exact) mass is 235 g/mol. The Morgan fingerprint density at radius 1 is 1.29 bits per heavy atom. The summed E-state index contributed by atoms with van der Waals surface area (Å²) in [4.78, 5) is 0. The fourth-order valence-electron chi connectivity index (χ4n) is 2.07. The Bertz CT molecular complexity index is 344. The topological polar surface area (TPSA) is 41.5 Å². The van der Waals surface area contributed by atoms with Crippen LogP contribution in [-0.2, 0) is 6.54 Å². The van der Waals surface area contributed by atoms with Gasteiger partial charge in [0.15, 0.2) is 0 Å². The molecule has 0 aliphatic heterocycles. The summed E-state index contributed by atoms with van der Waals surface area (Å²) >= 11 is 0. The largest absolute Gasteiger partial charge is 0.494 e. The molecule has 0 saturated heterocycles. The van der Waals surface area contributed by atoms with Gasteiger partial charge in [-0.25, -0.2) is 0 Å². The summed E-state index contributed by atoms with van der Waals surface area (Å²) < 4.78 is 5.39. The number of aliphatic hydroxyl groups is 1. The summed E-state index contributed by atoms with van der Waals surface area (Å²) in [6.07, 6.45) is 3.02. The van der Waals surface area contributed by atoms with E-state index in [-0.39, 0.29) is 0 Å². The summed E-state index contributed by atoms with van der Waals surface area (Å²) in [5, 5.41) is 13.2. The lowest BCUT2D eigenvalue weighted by atomic mass is 9.80. The van der Waals surface area contributed by atoms with Crippen molar-refractivity contribution in [2.24, 2.45) is 0 Å². The van der Waals surface area contributed by atoms with Crippen LogP contribution in [-0.4, -0.2) is 23.9 Å². The number of hydrogen-bond donors (Lipinski definition) is 2. The van der Waals surface area contributed by atoms with Crippen LogP contribution in [0.15, 0.2) is 24.3 Å². The molecule has 0 spiro atoms. The van der Waals surface area contributed by atoms with E-state index in [0.717, 1.165) is 31.6 Å². The predicted molar refractivity (Wildman–Crippen MR) is 68.1 cm³/mol. The van der Waals surface area contributed by atoms with Crippen molar-refractivity contribution in [3.63, 3.8) is 0 Å². The fraction of sp³-hybridized carbons (Fsp3) is 0.571. The molecule has 1 aliphatic rings. The molecule has 3 nitrogen and oxygen atoms in total. The molecule has 1 saturated carbocycles. The molecular formula is C14H21NO2. The number of benzene rings is 1. The van der Waals surface area contributed by atoms with Crippen LogP contribution >= 0.6 is 0 Å². The van der Waals surface area contributed by atoms with Gasteiger partial charge >= 0.3 is 0 Å². The van der Waals surface area contributed by atoms with Crippen LogP contribution in [0, 0.1) is 0 Å². The molecule has 17 heavy (non-hydrogen) atoms. The van der Waals surface area contributed by atoms with Crippen molar-refractivity contribution < 1.29 is 9.84 Å².